The third kappa shape index (κ3) is 4.71. The number of carboxylic acids is 1. The third-order valence-corrected chi connectivity index (χ3v) is 5.39. The van der Waals surface area contributed by atoms with E-state index in [4.69, 9.17) is 33.0 Å². The monoisotopic (exact) mass is 466 g/mol. The van der Waals surface area contributed by atoms with Gasteiger partial charge in [-0.25, -0.2) is 9.18 Å². The number of halogens is 3. The van der Waals surface area contributed by atoms with Crippen LogP contribution in [0.1, 0.15) is 34.5 Å². The Balaban J connectivity index is 1.97. The lowest BCUT2D eigenvalue weighted by molar-refractivity contribution is -0.133. The Morgan fingerprint density at radius 3 is 2.61 bits per heavy atom. The highest BCUT2D eigenvalue weighted by molar-refractivity contribution is 6.43. The largest absolute Gasteiger partial charge is 0.477 e. The van der Waals surface area contributed by atoms with E-state index >= 15 is 0 Å². The summed E-state index contributed by atoms with van der Waals surface area (Å²) in [4.78, 5) is 38.6. The zero-order valence-electron chi connectivity index (χ0n) is 16.2. The first-order valence-electron chi connectivity index (χ1n) is 9.15. The van der Waals surface area contributed by atoms with Crippen LogP contribution in [-0.2, 0) is 16.1 Å². The van der Waals surface area contributed by atoms with Crippen molar-refractivity contribution >= 4 is 46.0 Å². The number of fused-ring (bicyclic) bond motifs is 1. The van der Waals surface area contributed by atoms with Crippen LogP contribution in [0.25, 0.3) is 10.9 Å². The number of H-pyrrole nitrogens is 1. The van der Waals surface area contributed by atoms with Gasteiger partial charge < -0.3 is 20.1 Å². The molecule has 3 N–H and O–H groups in total. The van der Waals surface area contributed by atoms with Gasteiger partial charge in [0.05, 0.1) is 15.6 Å². The van der Waals surface area contributed by atoms with Gasteiger partial charge in [-0.2, -0.15) is 0 Å². The van der Waals surface area contributed by atoms with Crippen molar-refractivity contribution in [3.8, 4) is 0 Å². The van der Waals surface area contributed by atoms with Gasteiger partial charge in [-0.05, 0) is 25.1 Å². The van der Waals surface area contributed by atoms with Gasteiger partial charge in [0.15, 0.2) is 6.10 Å². The Labute approximate surface area is 185 Å². The summed E-state index contributed by atoms with van der Waals surface area (Å²) in [6.07, 6.45) is -1.20. The molecule has 1 heterocycles. The second-order valence-corrected chi connectivity index (χ2v) is 7.29. The van der Waals surface area contributed by atoms with Gasteiger partial charge in [0.25, 0.3) is 11.5 Å². The number of benzene rings is 2. The molecule has 1 aromatic heterocycles. The number of carbonyl (C=O) groups is 2. The molecule has 10 heteroatoms. The molecule has 1 amide bonds. The minimum atomic E-state index is -1.39. The van der Waals surface area contributed by atoms with Crippen LogP contribution in [0.3, 0.4) is 0 Å². The quantitative estimate of drug-likeness (QED) is 0.486. The van der Waals surface area contributed by atoms with Crippen LogP contribution in [0.4, 0.5) is 4.39 Å². The molecule has 2 aromatic carbocycles. The number of aromatic nitrogens is 1. The number of ether oxygens (including phenoxy) is 1. The predicted octanol–water partition coefficient (Wildman–Crippen LogP) is 4.07. The molecule has 3 aromatic rings. The summed E-state index contributed by atoms with van der Waals surface area (Å²) in [5.74, 6) is -2.61. The Hall–Kier alpha value is -2.94. The van der Waals surface area contributed by atoms with Crippen molar-refractivity contribution in [2.45, 2.75) is 19.6 Å². The third-order valence-electron chi connectivity index (χ3n) is 4.56. The van der Waals surface area contributed by atoms with Crippen LogP contribution in [0, 0.1) is 5.82 Å². The van der Waals surface area contributed by atoms with E-state index in [0.29, 0.717) is 5.39 Å². The van der Waals surface area contributed by atoms with Gasteiger partial charge in [-0.3, -0.25) is 9.59 Å². The molecule has 0 aliphatic rings. The van der Waals surface area contributed by atoms with Gasteiger partial charge in [0.2, 0.25) is 0 Å². The molecule has 0 saturated carbocycles. The van der Waals surface area contributed by atoms with Crippen molar-refractivity contribution in [2.24, 2.45) is 0 Å². The zero-order valence-corrected chi connectivity index (χ0v) is 17.7. The molecular formula is C21H17Cl2FN2O5. The number of amides is 1. The van der Waals surface area contributed by atoms with Gasteiger partial charge in [0.1, 0.15) is 11.4 Å². The number of carboxylic acid groups (broad SMARTS) is 1. The van der Waals surface area contributed by atoms with Crippen molar-refractivity contribution in [1.29, 1.82) is 0 Å². The molecule has 0 fully saturated rings. The summed E-state index contributed by atoms with van der Waals surface area (Å²) in [5.41, 5.74) is -0.719. The van der Waals surface area contributed by atoms with Gasteiger partial charge >= 0.3 is 5.97 Å². The molecule has 0 saturated heterocycles. The van der Waals surface area contributed by atoms with E-state index < -0.39 is 34.9 Å². The van der Waals surface area contributed by atoms with Crippen LogP contribution in [0.5, 0.6) is 0 Å². The number of aromatic amines is 1. The fraction of sp³-hybridized carbons (Fsp3) is 0.190. The van der Waals surface area contributed by atoms with E-state index in [1.165, 1.54) is 30.3 Å². The van der Waals surface area contributed by atoms with Crippen molar-refractivity contribution in [1.82, 2.24) is 10.3 Å². The molecular weight excluding hydrogens is 450 g/mol. The highest BCUT2D eigenvalue weighted by Gasteiger charge is 2.25. The molecule has 0 aliphatic carbocycles. The molecule has 0 spiro atoms. The van der Waals surface area contributed by atoms with Crippen molar-refractivity contribution < 1.29 is 23.8 Å². The normalized spacial score (nSPS) is 12.0. The molecule has 7 nitrogen and oxygen atoms in total. The van der Waals surface area contributed by atoms with Crippen LogP contribution in [0.2, 0.25) is 10.0 Å². The predicted molar refractivity (Wildman–Crippen MR) is 114 cm³/mol. The first-order valence-corrected chi connectivity index (χ1v) is 9.91. The summed E-state index contributed by atoms with van der Waals surface area (Å²) in [6.45, 7) is 1.67. The standard InChI is InChI=1S/C21H17Cl2FN2O5/c1-2-31-18(11-5-3-4-6-15(11)24)20(28)25-9-13-16(23)14(22)8-10-7-12(21(29)30)19(27)26-17(10)13/h3-8,18H,2,9H2,1H3,(H,25,28)(H,26,27)(H,29,30). The number of aromatic carboxylic acids is 1. The minimum Gasteiger partial charge on any atom is -0.477 e. The number of hydrogen-bond donors (Lipinski definition) is 3. The minimum absolute atomic E-state index is 0.0726. The highest BCUT2D eigenvalue weighted by atomic mass is 35.5. The summed E-state index contributed by atoms with van der Waals surface area (Å²) in [5, 5.41) is 12.3. The van der Waals surface area contributed by atoms with Crippen molar-refractivity contribution in [3.05, 3.63) is 79.3 Å². The number of hydrogen-bond acceptors (Lipinski definition) is 4. The van der Waals surface area contributed by atoms with Gasteiger partial charge in [-0.1, -0.05) is 41.4 Å². The van der Waals surface area contributed by atoms with E-state index in [0.717, 1.165) is 0 Å². The lowest BCUT2D eigenvalue weighted by Crippen LogP contribution is -2.31. The van der Waals surface area contributed by atoms with Crippen LogP contribution >= 0.6 is 23.2 Å². The maximum Gasteiger partial charge on any atom is 0.341 e. The van der Waals surface area contributed by atoms with Gasteiger partial charge in [-0.15, -0.1) is 0 Å². The summed E-state index contributed by atoms with van der Waals surface area (Å²) in [7, 11) is 0. The molecule has 3 rings (SSSR count). The first kappa shape index (κ1) is 22.7. The number of rotatable bonds is 7. The summed E-state index contributed by atoms with van der Waals surface area (Å²) in [6, 6.07) is 8.34. The highest BCUT2D eigenvalue weighted by Crippen LogP contribution is 2.32. The van der Waals surface area contributed by atoms with E-state index in [2.05, 4.69) is 10.3 Å². The van der Waals surface area contributed by atoms with Crippen molar-refractivity contribution in [2.75, 3.05) is 6.61 Å². The lowest BCUT2D eigenvalue weighted by atomic mass is 10.1. The van der Waals surface area contributed by atoms with Crippen LogP contribution in [0.15, 0.2) is 41.2 Å². The van der Waals surface area contributed by atoms with E-state index in [-0.39, 0.29) is 39.8 Å². The number of pyridine rings is 1. The molecule has 31 heavy (non-hydrogen) atoms. The SMILES string of the molecule is CCOC(C(=O)NCc1c(Cl)c(Cl)cc2cc(C(=O)O)c(=O)[nH]c12)c1ccccc1F. The maximum atomic E-state index is 14.2. The number of nitrogens with one attached hydrogen (secondary N) is 2. The maximum absolute atomic E-state index is 14.2. The molecule has 0 aliphatic heterocycles. The van der Waals surface area contributed by atoms with E-state index in [1.54, 1.807) is 13.0 Å². The average Bonchev–Trinajstić information content (AvgIpc) is 2.73. The molecule has 1 atom stereocenters. The summed E-state index contributed by atoms with van der Waals surface area (Å²) < 4.78 is 19.6. The van der Waals surface area contributed by atoms with E-state index in [1.807, 2.05) is 0 Å². The smallest absolute Gasteiger partial charge is 0.341 e. The van der Waals surface area contributed by atoms with Crippen LogP contribution in [-0.4, -0.2) is 28.6 Å². The average molecular weight is 467 g/mol. The summed E-state index contributed by atoms with van der Waals surface area (Å²) >= 11 is 12.4. The molecule has 1 unspecified atom stereocenters. The first-order chi connectivity index (χ1) is 14.7. The zero-order chi connectivity index (χ0) is 22.7. The Kier molecular flexibility index (Phi) is 6.94. The number of carbonyl (C=O) groups excluding carboxylic acids is 1. The second-order valence-electron chi connectivity index (χ2n) is 6.51. The topological polar surface area (TPSA) is 108 Å². The second kappa shape index (κ2) is 9.47. The van der Waals surface area contributed by atoms with Gasteiger partial charge in [0, 0.05) is 29.7 Å². The van der Waals surface area contributed by atoms with Crippen LogP contribution < -0.4 is 10.9 Å². The Morgan fingerprint density at radius 2 is 1.97 bits per heavy atom. The lowest BCUT2D eigenvalue weighted by Gasteiger charge is -2.19. The van der Waals surface area contributed by atoms with E-state index in [9.17, 15) is 18.8 Å². The Bertz CT molecular complexity index is 1230. The molecule has 162 valence electrons. The Morgan fingerprint density at radius 1 is 1.26 bits per heavy atom. The fourth-order valence-electron chi connectivity index (χ4n) is 3.12. The fourth-order valence-corrected chi connectivity index (χ4v) is 3.57. The molecule has 0 radical (unpaired) electrons. The molecule has 0 bridgehead atoms. The van der Waals surface area contributed by atoms with Crippen molar-refractivity contribution in [3.63, 3.8) is 0 Å².